The van der Waals surface area contributed by atoms with Gasteiger partial charge in [-0.2, -0.15) is 0 Å². The van der Waals surface area contributed by atoms with E-state index in [9.17, 15) is 30.3 Å². The minimum atomic E-state index is -1.56. The number of aliphatic hydroxyl groups excluding tert-OH is 5. The summed E-state index contributed by atoms with van der Waals surface area (Å²) in [5.41, 5.74) is 0. The lowest BCUT2D eigenvalue weighted by atomic mass is 9.99. The highest BCUT2D eigenvalue weighted by molar-refractivity contribution is 5.73. The normalized spacial score (nSPS) is 24.7. The van der Waals surface area contributed by atoms with Crippen molar-refractivity contribution in [1.29, 1.82) is 0 Å². The molecular weight excluding hydrogens is 526 g/mol. The van der Waals surface area contributed by atoms with E-state index in [1.165, 1.54) is 90.4 Å². The SMILES string of the molecule is CCCCCCCCCCCCCCC/C=C/CC/C=C/C(O)C(COC1OC(CO)C(O)C(O)C1O)NC(C)=O. The molecule has 9 heteroatoms. The Morgan fingerprint density at radius 3 is 1.90 bits per heavy atom. The lowest BCUT2D eigenvalue weighted by molar-refractivity contribution is -0.302. The van der Waals surface area contributed by atoms with E-state index in [1.54, 1.807) is 6.08 Å². The number of ether oxygens (including phenoxy) is 2. The van der Waals surface area contributed by atoms with Gasteiger partial charge in [0.1, 0.15) is 24.4 Å². The Balaban J connectivity index is 2.18. The number of unbranched alkanes of at least 4 members (excludes halogenated alkanes) is 14. The van der Waals surface area contributed by atoms with Gasteiger partial charge in [0.2, 0.25) is 5.91 Å². The van der Waals surface area contributed by atoms with Gasteiger partial charge in [-0.15, -0.1) is 0 Å². The second-order valence-electron chi connectivity index (χ2n) is 11.3. The smallest absolute Gasteiger partial charge is 0.217 e. The van der Waals surface area contributed by atoms with Gasteiger partial charge in [-0.1, -0.05) is 108 Å². The number of hydrogen-bond donors (Lipinski definition) is 6. The van der Waals surface area contributed by atoms with Gasteiger partial charge >= 0.3 is 0 Å². The first-order chi connectivity index (χ1) is 19.8. The summed E-state index contributed by atoms with van der Waals surface area (Å²) in [5, 5.41) is 52.4. The zero-order chi connectivity index (χ0) is 30.3. The fourth-order valence-corrected chi connectivity index (χ4v) is 4.97. The molecule has 1 rings (SSSR count). The molecule has 1 heterocycles. The van der Waals surface area contributed by atoms with Crippen LogP contribution in [0, 0.1) is 0 Å². The number of hydrogen-bond acceptors (Lipinski definition) is 8. The zero-order valence-electron chi connectivity index (χ0n) is 25.5. The first-order valence-corrected chi connectivity index (χ1v) is 16.0. The van der Waals surface area contributed by atoms with Crippen molar-refractivity contribution in [3.8, 4) is 0 Å². The van der Waals surface area contributed by atoms with E-state index in [0.29, 0.717) is 0 Å². The third-order valence-electron chi connectivity index (χ3n) is 7.56. The highest BCUT2D eigenvalue weighted by Gasteiger charge is 2.44. The van der Waals surface area contributed by atoms with E-state index in [2.05, 4.69) is 24.4 Å². The maximum atomic E-state index is 11.6. The summed E-state index contributed by atoms with van der Waals surface area (Å²) in [4.78, 5) is 11.6. The second kappa shape index (κ2) is 24.1. The van der Waals surface area contributed by atoms with Gasteiger partial charge in [-0.3, -0.25) is 4.79 Å². The molecule has 6 N–H and O–H groups in total. The summed E-state index contributed by atoms with van der Waals surface area (Å²) in [7, 11) is 0. The van der Waals surface area contributed by atoms with Gasteiger partial charge in [0.05, 0.1) is 25.4 Å². The first kappa shape index (κ1) is 37.7. The molecule has 7 atom stereocenters. The lowest BCUT2D eigenvalue weighted by Crippen LogP contribution is -2.60. The highest BCUT2D eigenvalue weighted by Crippen LogP contribution is 2.22. The van der Waals surface area contributed by atoms with Crippen molar-refractivity contribution in [2.45, 2.75) is 159 Å². The molecule has 1 aliphatic heterocycles. The molecule has 1 fully saturated rings. The van der Waals surface area contributed by atoms with Crippen LogP contribution in [0.5, 0.6) is 0 Å². The Kier molecular flexibility index (Phi) is 22.2. The van der Waals surface area contributed by atoms with E-state index in [-0.39, 0.29) is 12.5 Å². The molecule has 41 heavy (non-hydrogen) atoms. The van der Waals surface area contributed by atoms with Crippen LogP contribution >= 0.6 is 0 Å². The standard InChI is InChI=1S/C32H59NO8/c1-3-4-5-6-7-8-9-10-11-12-13-14-15-16-17-18-19-20-21-22-27(36)26(33-25(2)35)24-40-32-31(39)30(38)29(37)28(23-34)41-32/h17-18,21-22,26-32,34,36-39H,3-16,19-20,23-24H2,1-2H3,(H,33,35)/b18-17+,22-21+. The van der Waals surface area contributed by atoms with Crippen molar-refractivity contribution >= 4 is 5.91 Å². The van der Waals surface area contributed by atoms with Crippen molar-refractivity contribution in [3.63, 3.8) is 0 Å². The van der Waals surface area contributed by atoms with Crippen molar-refractivity contribution in [2.24, 2.45) is 0 Å². The summed E-state index contributed by atoms with van der Waals surface area (Å²) in [6.07, 6.45) is 20.1. The average Bonchev–Trinajstić information content (AvgIpc) is 2.95. The highest BCUT2D eigenvalue weighted by atomic mass is 16.7. The Morgan fingerprint density at radius 1 is 0.805 bits per heavy atom. The van der Waals surface area contributed by atoms with Gasteiger partial charge < -0.3 is 40.3 Å². The summed E-state index contributed by atoms with van der Waals surface area (Å²) in [6.45, 7) is 2.80. The number of aliphatic hydroxyl groups is 5. The number of nitrogens with one attached hydrogen (secondary N) is 1. The molecule has 0 radical (unpaired) electrons. The van der Waals surface area contributed by atoms with Crippen LogP contribution in [0.4, 0.5) is 0 Å². The van der Waals surface area contributed by atoms with Crippen LogP contribution in [0.25, 0.3) is 0 Å². The zero-order valence-corrected chi connectivity index (χ0v) is 25.5. The maximum Gasteiger partial charge on any atom is 0.217 e. The molecule has 7 unspecified atom stereocenters. The molecule has 240 valence electrons. The van der Waals surface area contributed by atoms with E-state index in [0.717, 1.165) is 19.3 Å². The molecular formula is C32H59NO8. The van der Waals surface area contributed by atoms with Gasteiger partial charge in [0.15, 0.2) is 6.29 Å². The Bertz CT molecular complexity index is 701. The molecule has 0 aromatic rings. The Morgan fingerprint density at radius 2 is 1.34 bits per heavy atom. The van der Waals surface area contributed by atoms with Crippen LogP contribution in [0.1, 0.15) is 117 Å². The summed E-state index contributed by atoms with van der Waals surface area (Å²) < 4.78 is 10.8. The third-order valence-corrected chi connectivity index (χ3v) is 7.56. The van der Waals surface area contributed by atoms with Gasteiger partial charge in [-0.05, 0) is 25.7 Å². The third kappa shape index (κ3) is 17.4. The minimum Gasteiger partial charge on any atom is -0.394 e. The van der Waals surface area contributed by atoms with E-state index < -0.39 is 49.5 Å². The average molecular weight is 586 g/mol. The van der Waals surface area contributed by atoms with Gasteiger partial charge in [0.25, 0.3) is 0 Å². The maximum absolute atomic E-state index is 11.6. The Hall–Kier alpha value is -1.33. The van der Waals surface area contributed by atoms with Crippen molar-refractivity contribution in [3.05, 3.63) is 24.3 Å². The van der Waals surface area contributed by atoms with Gasteiger partial charge in [0, 0.05) is 6.92 Å². The van der Waals surface area contributed by atoms with E-state index in [4.69, 9.17) is 9.47 Å². The topological polar surface area (TPSA) is 149 Å². The summed E-state index contributed by atoms with van der Waals surface area (Å²) >= 11 is 0. The summed E-state index contributed by atoms with van der Waals surface area (Å²) in [5.74, 6) is -0.365. The van der Waals surface area contributed by atoms with Gasteiger partial charge in [-0.25, -0.2) is 0 Å². The number of allylic oxidation sites excluding steroid dienone is 3. The molecule has 1 saturated heterocycles. The van der Waals surface area contributed by atoms with Crippen LogP contribution in [0.2, 0.25) is 0 Å². The predicted octanol–water partition coefficient (Wildman–Crippen LogP) is 4.04. The fourth-order valence-electron chi connectivity index (χ4n) is 4.97. The first-order valence-electron chi connectivity index (χ1n) is 16.0. The van der Waals surface area contributed by atoms with E-state index in [1.807, 2.05) is 6.08 Å². The molecule has 9 nitrogen and oxygen atoms in total. The molecule has 1 aliphatic rings. The van der Waals surface area contributed by atoms with Crippen LogP contribution < -0.4 is 5.32 Å². The molecule has 0 saturated carbocycles. The molecule has 0 spiro atoms. The van der Waals surface area contributed by atoms with Crippen LogP contribution in [-0.2, 0) is 14.3 Å². The number of amides is 1. The summed E-state index contributed by atoms with van der Waals surface area (Å²) in [6, 6.07) is -0.817. The molecule has 0 bridgehead atoms. The van der Waals surface area contributed by atoms with Crippen molar-refractivity contribution < 1.29 is 39.8 Å². The van der Waals surface area contributed by atoms with E-state index >= 15 is 0 Å². The predicted molar refractivity (Wildman–Crippen MR) is 161 cm³/mol. The molecule has 1 amide bonds. The minimum absolute atomic E-state index is 0.215. The second-order valence-corrected chi connectivity index (χ2v) is 11.3. The monoisotopic (exact) mass is 585 g/mol. The quantitative estimate of drug-likeness (QED) is 0.0734. The number of rotatable bonds is 24. The van der Waals surface area contributed by atoms with Crippen molar-refractivity contribution in [2.75, 3.05) is 13.2 Å². The van der Waals surface area contributed by atoms with Crippen LogP contribution in [0.3, 0.4) is 0 Å². The molecule has 0 aromatic heterocycles. The molecule has 0 aromatic carbocycles. The van der Waals surface area contributed by atoms with Crippen molar-refractivity contribution in [1.82, 2.24) is 5.32 Å². The largest absolute Gasteiger partial charge is 0.394 e. The molecule has 0 aliphatic carbocycles. The Labute approximate surface area is 248 Å². The number of carbonyl (C=O) groups is 1. The number of carbonyl (C=O) groups excluding carboxylic acids is 1. The fraction of sp³-hybridized carbons (Fsp3) is 0.844. The van der Waals surface area contributed by atoms with Crippen LogP contribution in [-0.4, -0.2) is 87.5 Å². The van der Waals surface area contributed by atoms with Crippen LogP contribution in [0.15, 0.2) is 24.3 Å². The lowest BCUT2D eigenvalue weighted by Gasteiger charge is -2.40.